The standard InChI is InChI=1S/C17H16N2O4/c1-10(2)15-8-14(4-5-16(15)20)23-17-11(3)6-13(19(21)22)7-12(17)9-18/h4-8,10,20H,1-3H3. The van der Waals surface area contributed by atoms with Crippen molar-refractivity contribution < 1.29 is 14.8 Å². The fourth-order valence-corrected chi connectivity index (χ4v) is 2.26. The number of nitriles is 1. The third-order valence-electron chi connectivity index (χ3n) is 3.43. The topological polar surface area (TPSA) is 96.4 Å². The average molecular weight is 312 g/mol. The van der Waals surface area contributed by atoms with E-state index in [4.69, 9.17) is 4.74 Å². The molecule has 6 nitrogen and oxygen atoms in total. The summed E-state index contributed by atoms with van der Waals surface area (Å²) in [6, 6.07) is 9.28. The number of rotatable bonds is 4. The highest BCUT2D eigenvalue weighted by atomic mass is 16.6. The lowest BCUT2D eigenvalue weighted by atomic mass is 10.0. The zero-order chi connectivity index (χ0) is 17.1. The first-order valence-electron chi connectivity index (χ1n) is 7.03. The molecule has 1 N–H and O–H groups in total. The van der Waals surface area contributed by atoms with Gasteiger partial charge in [-0.1, -0.05) is 13.8 Å². The van der Waals surface area contributed by atoms with Crippen molar-refractivity contribution in [3.63, 3.8) is 0 Å². The van der Waals surface area contributed by atoms with E-state index in [1.165, 1.54) is 18.2 Å². The Balaban J connectivity index is 2.47. The summed E-state index contributed by atoms with van der Waals surface area (Å²) in [5.74, 6) is 1.01. The maximum absolute atomic E-state index is 10.9. The first-order valence-corrected chi connectivity index (χ1v) is 7.03. The van der Waals surface area contributed by atoms with Gasteiger partial charge in [-0.2, -0.15) is 5.26 Å². The molecule has 0 aliphatic heterocycles. The van der Waals surface area contributed by atoms with Gasteiger partial charge in [0.1, 0.15) is 28.9 Å². The zero-order valence-electron chi connectivity index (χ0n) is 13.0. The molecule has 0 spiro atoms. The molecule has 0 atom stereocenters. The van der Waals surface area contributed by atoms with Crippen LogP contribution in [-0.2, 0) is 0 Å². The van der Waals surface area contributed by atoms with Crippen LogP contribution in [0.3, 0.4) is 0 Å². The van der Waals surface area contributed by atoms with Gasteiger partial charge in [-0.25, -0.2) is 0 Å². The van der Waals surface area contributed by atoms with Gasteiger partial charge in [0, 0.05) is 17.7 Å². The molecule has 0 aliphatic carbocycles. The Morgan fingerprint density at radius 2 is 2.00 bits per heavy atom. The normalized spacial score (nSPS) is 10.4. The van der Waals surface area contributed by atoms with Crippen molar-refractivity contribution in [2.75, 3.05) is 0 Å². The molecule has 0 bridgehead atoms. The Hall–Kier alpha value is -3.07. The Kier molecular flexibility index (Phi) is 4.51. The number of nitrogens with zero attached hydrogens (tertiary/aromatic N) is 2. The highest BCUT2D eigenvalue weighted by Crippen LogP contribution is 2.35. The van der Waals surface area contributed by atoms with E-state index in [1.54, 1.807) is 19.1 Å². The molecule has 0 heterocycles. The molecule has 0 saturated heterocycles. The SMILES string of the molecule is Cc1cc([N+](=O)[O-])cc(C#N)c1Oc1ccc(O)c(C(C)C)c1. The third kappa shape index (κ3) is 3.40. The minimum absolute atomic E-state index is 0.0934. The molecule has 118 valence electrons. The van der Waals surface area contributed by atoms with Gasteiger partial charge in [0.25, 0.3) is 5.69 Å². The third-order valence-corrected chi connectivity index (χ3v) is 3.43. The van der Waals surface area contributed by atoms with E-state index in [9.17, 15) is 20.5 Å². The van der Waals surface area contributed by atoms with E-state index in [-0.39, 0.29) is 28.7 Å². The van der Waals surface area contributed by atoms with Crippen LogP contribution in [0.4, 0.5) is 5.69 Å². The van der Waals surface area contributed by atoms with Gasteiger partial charge in [-0.05, 0) is 36.6 Å². The van der Waals surface area contributed by atoms with E-state index in [2.05, 4.69) is 0 Å². The first-order chi connectivity index (χ1) is 10.8. The van der Waals surface area contributed by atoms with Gasteiger partial charge < -0.3 is 9.84 Å². The van der Waals surface area contributed by atoms with Gasteiger partial charge in [-0.15, -0.1) is 0 Å². The fourth-order valence-electron chi connectivity index (χ4n) is 2.26. The van der Waals surface area contributed by atoms with Crippen molar-refractivity contribution >= 4 is 5.69 Å². The highest BCUT2D eigenvalue weighted by Gasteiger charge is 2.17. The van der Waals surface area contributed by atoms with E-state index < -0.39 is 4.92 Å². The Labute approximate surface area is 133 Å². The lowest BCUT2D eigenvalue weighted by molar-refractivity contribution is -0.384. The van der Waals surface area contributed by atoms with Crippen LogP contribution in [0.1, 0.15) is 36.5 Å². The molecule has 0 fully saturated rings. The van der Waals surface area contributed by atoms with Crippen molar-refractivity contribution in [2.24, 2.45) is 0 Å². The molecular weight excluding hydrogens is 296 g/mol. The summed E-state index contributed by atoms with van der Waals surface area (Å²) >= 11 is 0. The van der Waals surface area contributed by atoms with Crippen LogP contribution in [0.15, 0.2) is 30.3 Å². The number of aryl methyl sites for hydroxylation is 1. The van der Waals surface area contributed by atoms with Crippen LogP contribution in [0.2, 0.25) is 0 Å². The van der Waals surface area contributed by atoms with E-state index in [0.717, 1.165) is 5.56 Å². The Bertz CT molecular complexity index is 807. The van der Waals surface area contributed by atoms with Crippen molar-refractivity contribution in [1.29, 1.82) is 5.26 Å². The molecule has 6 heteroatoms. The number of phenols is 1. The van der Waals surface area contributed by atoms with Gasteiger partial charge in [0.05, 0.1) is 4.92 Å². The molecule has 2 aromatic carbocycles. The van der Waals surface area contributed by atoms with E-state index in [0.29, 0.717) is 11.3 Å². The summed E-state index contributed by atoms with van der Waals surface area (Å²) < 4.78 is 5.76. The summed E-state index contributed by atoms with van der Waals surface area (Å²) in [6.45, 7) is 5.53. The number of phenolic OH excluding ortho intramolecular Hbond substituents is 1. The van der Waals surface area contributed by atoms with Crippen LogP contribution in [0, 0.1) is 28.4 Å². The van der Waals surface area contributed by atoms with Crippen LogP contribution >= 0.6 is 0 Å². The number of hydrogen-bond donors (Lipinski definition) is 1. The number of ether oxygens (including phenoxy) is 1. The van der Waals surface area contributed by atoms with Crippen molar-refractivity contribution in [1.82, 2.24) is 0 Å². The Morgan fingerprint density at radius 3 is 2.57 bits per heavy atom. The molecule has 0 unspecified atom stereocenters. The van der Waals surface area contributed by atoms with Crippen molar-refractivity contribution in [3.8, 4) is 23.3 Å². The van der Waals surface area contributed by atoms with Gasteiger partial charge >= 0.3 is 0 Å². The summed E-state index contributed by atoms with van der Waals surface area (Å²) in [4.78, 5) is 10.3. The number of benzene rings is 2. The summed E-state index contributed by atoms with van der Waals surface area (Å²) in [5, 5.41) is 29.9. The molecule has 2 aromatic rings. The van der Waals surface area contributed by atoms with Gasteiger partial charge in [0.2, 0.25) is 0 Å². The predicted molar refractivity (Wildman–Crippen MR) is 84.8 cm³/mol. The van der Waals surface area contributed by atoms with E-state index >= 15 is 0 Å². The van der Waals surface area contributed by atoms with Crippen LogP contribution in [0.5, 0.6) is 17.2 Å². The highest BCUT2D eigenvalue weighted by molar-refractivity contribution is 5.56. The Morgan fingerprint density at radius 1 is 1.30 bits per heavy atom. The quantitative estimate of drug-likeness (QED) is 0.666. The lowest BCUT2D eigenvalue weighted by Crippen LogP contribution is -1.97. The molecule has 0 aliphatic rings. The van der Waals surface area contributed by atoms with Crippen LogP contribution < -0.4 is 4.74 Å². The number of hydrogen-bond acceptors (Lipinski definition) is 5. The molecule has 0 radical (unpaired) electrons. The second-order valence-corrected chi connectivity index (χ2v) is 5.49. The van der Waals surface area contributed by atoms with E-state index in [1.807, 2.05) is 19.9 Å². The molecule has 0 aromatic heterocycles. The number of non-ortho nitro benzene ring substituents is 1. The maximum atomic E-state index is 10.9. The van der Waals surface area contributed by atoms with Gasteiger partial charge in [0.15, 0.2) is 0 Å². The molecule has 0 saturated carbocycles. The number of nitro benzene ring substituents is 1. The summed E-state index contributed by atoms with van der Waals surface area (Å²) in [5.41, 5.74) is 1.16. The van der Waals surface area contributed by atoms with Crippen molar-refractivity contribution in [2.45, 2.75) is 26.7 Å². The van der Waals surface area contributed by atoms with Crippen LogP contribution in [0.25, 0.3) is 0 Å². The molecule has 2 rings (SSSR count). The monoisotopic (exact) mass is 312 g/mol. The zero-order valence-corrected chi connectivity index (χ0v) is 13.0. The molecule has 0 amide bonds. The smallest absolute Gasteiger partial charge is 0.271 e. The minimum atomic E-state index is -0.547. The lowest BCUT2D eigenvalue weighted by Gasteiger charge is -2.14. The maximum Gasteiger partial charge on any atom is 0.271 e. The first kappa shape index (κ1) is 16.3. The second-order valence-electron chi connectivity index (χ2n) is 5.49. The average Bonchev–Trinajstić information content (AvgIpc) is 2.50. The minimum Gasteiger partial charge on any atom is -0.508 e. The summed E-state index contributed by atoms with van der Waals surface area (Å²) in [6.07, 6.45) is 0. The van der Waals surface area contributed by atoms with Crippen LogP contribution in [-0.4, -0.2) is 10.0 Å². The largest absolute Gasteiger partial charge is 0.508 e. The predicted octanol–water partition coefficient (Wildman–Crippen LogP) is 4.40. The van der Waals surface area contributed by atoms with Gasteiger partial charge in [-0.3, -0.25) is 10.1 Å². The second kappa shape index (κ2) is 6.36. The fraction of sp³-hybridized carbons (Fsp3) is 0.235. The number of aromatic hydroxyl groups is 1. The summed E-state index contributed by atoms with van der Waals surface area (Å²) in [7, 11) is 0. The number of nitro groups is 1. The molecule has 23 heavy (non-hydrogen) atoms. The molecular formula is C17H16N2O4. The van der Waals surface area contributed by atoms with Crippen molar-refractivity contribution in [3.05, 3.63) is 57.1 Å².